The van der Waals surface area contributed by atoms with Gasteiger partial charge in [-0.2, -0.15) is 0 Å². The third-order valence-electron chi connectivity index (χ3n) is 1.92. The number of ether oxygens (including phenoxy) is 1. The van der Waals surface area contributed by atoms with Gasteiger partial charge in [-0.25, -0.2) is 0 Å². The van der Waals surface area contributed by atoms with Crippen LogP contribution >= 0.6 is 0 Å². The molecule has 1 rings (SSSR count). The minimum Gasteiger partial charge on any atom is -0.508 e. The smallest absolute Gasteiger partial charge is 0.303 e. The van der Waals surface area contributed by atoms with Gasteiger partial charge in [-0.05, 0) is 25.5 Å². The summed E-state index contributed by atoms with van der Waals surface area (Å²) in [6.45, 7) is 1.80. The first kappa shape index (κ1) is 11.4. The van der Waals surface area contributed by atoms with Crippen LogP contribution in [0.3, 0.4) is 0 Å². The summed E-state index contributed by atoms with van der Waals surface area (Å²) >= 11 is 0. The number of rotatable bonds is 5. The lowest BCUT2D eigenvalue weighted by atomic mass is 10.2. The SMILES string of the molecule is CC(CCC(=O)O)Oc1cccc(O)c1. The molecule has 1 atom stereocenters. The quantitative estimate of drug-likeness (QED) is 0.780. The Morgan fingerprint density at radius 2 is 2.27 bits per heavy atom. The van der Waals surface area contributed by atoms with Crippen LogP contribution in [0.4, 0.5) is 0 Å². The molecule has 0 aliphatic carbocycles. The number of phenols is 1. The highest BCUT2D eigenvalue weighted by Gasteiger charge is 2.07. The lowest BCUT2D eigenvalue weighted by Gasteiger charge is -2.13. The average Bonchev–Trinajstić information content (AvgIpc) is 2.15. The van der Waals surface area contributed by atoms with Crippen LogP contribution in [0.25, 0.3) is 0 Å². The Hall–Kier alpha value is -1.71. The van der Waals surface area contributed by atoms with Crippen molar-refractivity contribution in [2.24, 2.45) is 0 Å². The van der Waals surface area contributed by atoms with Gasteiger partial charge in [0.2, 0.25) is 0 Å². The topological polar surface area (TPSA) is 66.8 Å². The number of aromatic hydroxyl groups is 1. The number of phenolic OH excluding ortho intramolecular Hbond substituents is 1. The molecule has 0 spiro atoms. The minimum atomic E-state index is -0.832. The zero-order chi connectivity index (χ0) is 11.3. The molecule has 82 valence electrons. The molecule has 1 unspecified atom stereocenters. The molecule has 2 N–H and O–H groups in total. The standard InChI is InChI=1S/C11H14O4/c1-8(5-6-11(13)14)15-10-4-2-3-9(12)7-10/h2-4,7-8,12H,5-6H2,1H3,(H,13,14). The van der Waals surface area contributed by atoms with E-state index in [1.807, 2.05) is 0 Å². The van der Waals surface area contributed by atoms with Crippen molar-refractivity contribution in [3.8, 4) is 11.5 Å². The van der Waals surface area contributed by atoms with E-state index in [1.165, 1.54) is 6.07 Å². The van der Waals surface area contributed by atoms with Crippen molar-refractivity contribution in [1.29, 1.82) is 0 Å². The van der Waals surface area contributed by atoms with Crippen molar-refractivity contribution in [3.63, 3.8) is 0 Å². The van der Waals surface area contributed by atoms with E-state index in [4.69, 9.17) is 14.9 Å². The first-order chi connectivity index (χ1) is 7.08. The van der Waals surface area contributed by atoms with Crippen LogP contribution in [0.15, 0.2) is 24.3 Å². The van der Waals surface area contributed by atoms with Gasteiger partial charge < -0.3 is 14.9 Å². The highest BCUT2D eigenvalue weighted by molar-refractivity contribution is 5.66. The van der Waals surface area contributed by atoms with Crippen LogP contribution in [0.1, 0.15) is 19.8 Å². The molecule has 4 nitrogen and oxygen atoms in total. The maximum Gasteiger partial charge on any atom is 0.303 e. The van der Waals surface area contributed by atoms with Gasteiger partial charge >= 0.3 is 5.97 Å². The van der Waals surface area contributed by atoms with Crippen LogP contribution in [0, 0.1) is 0 Å². The summed E-state index contributed by atoms with van der Waals surface area (Å²) in [5.41, 5.74) is 0. The lowest BCUT2D eigenvalue weighted by Crippen LogP contribution is -2.13. The molecule has 0 saturated carbocycles. The molecule has 0 radical (unpaired) electrons. The fourth-order valence-electron chi connectivity index (χ4n) is 1.17. The van der Waals surface area contributed by atoms with Gasteiger partial charge in [0.1, 0.15) is 11.5 Å². The maximum absolute atomic E-state index is 10.3. The van der Waals surface area contributed by atoms with E-state index in [0.717, 1.165) is 0 Å². The summed E-state index contributed by atoms with van der Waals surface area (Å²) in [6.07, 6.45) is 0.355. The van der Waals surface area contributed by atoms with Gasteiger partial charge in [0.15, 0.2) is 0 Å². The summed E-state index contributed by atoms with van der Waals surface area (Å²) in [4.78, 5) is 10.3. The Labute approximate surface area is 88.1 Å². The molecule has 0 saturated heterocycles. The molecular formula is C11H14O4. The van der Waals surface area contributed by atoms with E-state index in [9.17, 15) is 4.79 Å². The Bertz CT molecular complexity index is 335. The number of hydrogen-bond donors (Lipinski definition) is 2. The number of carboxylic acids is 1. The van der Waals surface area contributed by atoms with Crippen LogP contribution in [0.5, 0.6) is 11.5 Å². The summed E-state index contributed by atoms with van der Waals surface area (Å²) in [6, 6.07) is 6.44. The Balaban J connectivity index is 2.44. The monoisotopic (exact) mass is 210 g/mol. The van der Waals surface area contributed by atoms with Crippen molar-refractivity contribution in [3.05, 3.63) is 24.3 Å². The van der Waals surface area contributed by atoms with E-state index in [-0.39, 0.29) is 18.3 Å². The van der Waals surface area contributed by atoms with Crippen molar-refractivity contribution in [2.45, 2.75) is 25.9 Å². The maximum atomic E-state index is 10.3. The third-order valence-corrected chi connectivity index (χ3v) is 1.92. The second-order valence-corrected chi connectivity index (χ2v) is 3.36. The number of benzene rings is 1. The van der Waals surface area contributed by atoms with Crippen LogP contribution < -0.4 is 4.74 Å². The van der Waals surface area contributed by atoms with E-state index < -0.39 is 5.97 Å². The number of aliphatic carboxylic acids is 1. The van der Waals surface area contributed by atoms with Crippen molar-refractivity contribution >= 4 is 5.97 Å². The molecule has 0 heterocycles. The summed E-state index contributed by atoms with van der Waals surface area (Å²) in [5, 5.41) is 17.6. The second-order valence-electron chi connectivity index (χ2n) is 3.36. The van der Waals surface area contributed by atoms with Gasteiger partial charge in [-0.1, -0.05) is 6.07 Å². The highest BCUT2D eigenvalue weighted by atomic mass is 16.5. The van der Waals surface area contributed by atoms with Gasteiger partial charge in [-0.15, -0.1) is 0 Å². The van der Waals surface area contributed by atoms with Gasteiger partial charge in [0, 0.05) is 12.5 Å². The Kier molecular flexibility index (Phi) is 3.97. The molecular weight excluding hydrogens is 196 g/mol. The minimum absolute atomic E-state index is 0.0833. The molecule has 0 amide bonds. The first-order valence-electron chi connectivity index (χ1n) is 4.75. The zero-order valence-corrected chi connectivity index (χ0v) is 8.51. The van der Waals surface area contributed by atoms with E-state index in [0.29, 0.717) is 12.2 Å². The number of hydrogen-bond acceptors (Lipinski definition) is 3. The van der Waals surface area contributed by atoms with Crippen LogP contribution in [-0.2, 0) is 4.79 Å². The van der Waals surface area contributed by atoms with E-state index in [2.05, 4.69) is 0 Å². The van der Waals surface area contributed by atoms with Crippen LogP contribution in [0.2, 0.25) is 0 Å². The van der Waals surface area contributed by atoms with Crippen molar-refractivity contribution in [1.82, 2.24) is 0 Å². The number of carbonyl (C=O) groups is 1. The van der Waals surface area contributed by atoms with Gasteiger partial charge in [0.05, 0.1) is 6.10 Å². The largest absolute Gasteiger partial charge is 0.508 e. The first-order valence-corrected chi connectivity index (χ1v) is 4.75. The molecule has 0 aromatic heterocycles. The number of carboxylic acid groups (broad SMARTS) is 1. The van der Waals surface area contributed by atoms with Gasteiger partial charge in [-0.3, -0.25) is 4.79 Å². The fourth-order valence-corrected chi connectivity index (χ4v) is 1.17. The fraction of sp³-hybridized carbons (Fsp3) is 0.364. The zero-order valence-electron chi connectivity index (χ0n) is 8.51. The molecule has 0 aliphatic rings. The normalized spacial score (nSPS) is 12.1. The van der Waals surface area contributed by atoms with E-state index >= 15 is 0 Å². The molecule has 4 heteroatoms. The Morgan fingerprint density at radius 3 is 2.87 bits per heavy atom. The van der Waals surface area contributed by atoms with Crippen molar-refractivity contribution < 1.29 is 19.7 Å². The third kappa shape index (κ3) is 4.35. The lowest BCUT2D eigenvalue weighted by molar-refractivity contribution is -0.137. The average molecular weight is 210 g/mol. The van der Waals surface area contributed by atoms with Crippen LogP contribution in [-0.4, -0.2) is 22.3 Å². The van der Waals surface area contributed by atoms with E-state index in [1.54, 1.807) is 25.1 Å². The molecule has 0 aliphatic heterocycles. The summed E-state index contributed by atoms with van der Waals surface area (Å²) in [5.74, 6) is -0.146. The molecule has 1 aromatic rings. The van der Waals surface area contributed by atoms with Crippen molar-refractivity contribution in [2.75, 3.05) is 0 Å². The van der Waals surface area contributed by atoms with Gasteiger partial charge in [0.25, 0.3) is 0 Å². The molecule has 1 aromatic carbocycles. The Morgan fingerprint density at radius 1 is 1.53 bits per heavy atom. The molecule has 15 heavy (non-hydrogen) atoms. The highest BCUT2D eigenvalue weighted by Crippen LogP contribution is 2.19. The predicted octanol–water partition coefficient (Wildman–Crippen LogP) is 2.02. The molecule has 0 fully saturated rings. The summed E-state index contributed by atoms with van der Waals surface area (Å²) in [7, 11) is 0. The molecule has 0 bridgehead atoms. The summed E-state index contributed by atoms with van der Waals surface area (Å²) < 4.78 is 5.42. The second kappa shape index (κ2) is 5.24. The predicted molar refractivity (Wildman–Crippen MR) is 55.1 cm³/mol.